The number of carbonyl (C=O) groups is 6. The molecule has 13 rings (SSSR count). The molecule has 0 aromatic heterocycles. The van der Waals surface area contributed by atoms with Crippen molar-refractivity contribution in [2.45, 2.75) is 298 Å². The highest BCUT2D eigenvalue weighted by Gasteiger charge is 2.65. The maximum atomic E-state index is 12.8. The Morgan fingerprint density at radius 2 is 1.05 bits per heavy atom. The van der Waals surface area contributed by atoms with Crippen molar-refractivity contribution in [1.82, 2.24) is 0 Å². The minimum absolute atomic E-state index is 0.0197. The standard InChI is InChI=1S/C19H32O2.C18H26O6.C16H26O4.C13H24O2/c1-6-18(4,5)17(20)21-19(12(2)3)15-8-13-7-14(10-15)11-16(19)9-13;1-4-18(2,3)17(21)22-9-14(19)24-15-11-5-10-6-12(8-11)16(20)23-13(15)7-10;1-4-13(2,3)12(17)20-16-7-11-5-14(18,9-16)8-15(19,6-11)10-16;1-5-12(3,4)11(14)15-13(6-2)9-7-8-10-13/h12-16H,6-11H2,1-5H3;10-13,15H,4-9H2,1-3H3;11,18-19H,4-10H2,1-3H3;5-10H2,1-4H3. The minimum atomic E-state index is -0.842. The summed E-state index contributed by atoms with van der Waals surface area (Å²) in [6.07, 6.45) is 21.4. The molecule has 2 heterocycles. The third kappa shape index (κ3) is 13.8. The molecule has 456 valence electrons. The predicted molar refractivity (Wildman–Crippen MR) is 304 cm³/mol. The molecule has 11 saturated carbocycles. The van der Waals surface area contributed by atoms with Crippen LogP contribution in [0.15, 0.2) is 0 Å². The van der Waals surface area contributed by atoms with Gasteiger partial charge in [0, 0.05) is 25.2 Å². The van der Waals surface area contributed by atoms with E-state index >= 15 is 0 Å². The molecule has 7 unspecified atom stereocenters. The van der Waals surface area contributed by atoms with Gasteiger partial charge in [0.05, 0.1) is 38.8 Å². The lowest BCUT2D eigenvalue weighted by Gasteiger charge is -2.62. The Balaban J connectivity index is 0.000000156. The monoisotopic (exact) mass is 1120 g/mol. The lowest BCUT2D eigenvalue weighted by atomic mass is 9.47. The van der Waals surface area contributed by atoms with E-state index in [0.29, 0.717) is 49.4 Å². The maximum Gasteiger partial charge on any atom is 0.344 e. The number of ether oxygens (including phenoxy) is 6. The van der Waals surface area contributed by atoms with Crippen LogP contribution in [0.3, 0.4) is 0 Å². The molecular weight excluding hydrogens is 1020 g/mol. The van der Waals surface area contributed by atoms with Crippen LogP contribution in [0.4, 0.5) is 0 Å². The Morgan fingerprint density at radius 3 is 1.52 bits per heavy atom. The van der Waals surface area contributed by atoms with Crippen molar-refractivity contribution in [3.8, 4) is 0 Å². The summed E-state index contributed by atoms with van der Waals surface area (Å²) < 4.78 is 34.2. The van der Waals surface area contributed by atoms with Crippen molar-refractivity contribution in [2.24, 2.45) is 74.9 Å². The molecule has 0 amide bonds. The summed E-state index contributed by atoms with van der Waals surface area (Å²) in [5, 5.41) is 21.3. The molecule has 13 aliphatic rings. The largest absolute Gasteiger partial charge is 0.459 e. The number of aliphatic hydroxyl groups is 2. The van der Waals surface area contributed by atoms with Gasteiger partial charge in [-0.05, 0) is 232 Å². The van der Waals surface area contributed by atoms with E-state index in [1.807, 2.05) is 62.3 Å². The Hall–Kier alpha value is -3.26. The summed E-state index contributed by atoms with van der Waals surface area (Å²) in [5.74, 6) is 3.07. The van der Waals surface area contributed by atoms with Gasteiger partial charge in [-0.15, -0.1) is 0 Å². The molecule has 0 radical (unpaired) electrons. The average Bonchev–Trinajstić information content (AvgIpc) is 3.78. The Kier molecular flexibility index (Phi) is 19.3. The van der Waals surface area contributed by atoms with Crippen LogP contribution in [0.5, 0.6) is 0 Å². The summed E-state index contributed by atoms with van der Waals surface area (Å²) in [4.78, 5) is 73.2. The second-order valence-corrected chi connectivity index (χ2v) is 30.6. The van der Waals surface area contributed by atoms with Crippen LogP contribution in [0, 0.1) is 74.9 Å². The maximum absolute atomic E-state index is 12.8. The zero-order valence-electron chi connectivity index (χ0n) is 52.3. The number of fused-ring (bicyclic) bond motifs is 1. The van der Waals surface area contributed by atoms with E-state index in [-0.39, 0.29) is 76.4 Å². The molecule has 0 spiro atoms. The normalized spacial score (nSPS) is 36.7. The van der Waals surface area contributed by atoms with Gasteiger partial charge in [-0.2, -0.15) is 0 Å². The van der Waals surface area contributed by atoms with Crippen molar-refractivity contribution in [3.05, 3.63) is 0 Å². The first-order chi connectivity index (χ1) is 37.1. The lowest BCUT2D eigenvalue weighted by molar-refractivity contribution is -0.264. The van der Waals surface area contributed by atoms with Gasteiger partial charge in [0.1, 0.15) is 29.0 Å². The van der Waals surface area contributed by atoms with Crippen molar-refractivity contribution in [3.63, 3.8) is 0 Å². The number of rotatable bonds is 16. The highest BCUT2D eigenvalue weighted by atomic mass is 16.6. The summed E-state index contributed by atoms with van der Waals surface area (Å²) in [6.45, 7) is 29.6. The quantitative estimate of drug-likeness (QED) is 0.109. The van der Waals surface area contributed by atoms with E-state index in [0.717, 1.165) is 95.3 Å². The van der Waals surface area contributed by atoms with Crippen molar-refractivity contribution >= 4 is 35.8 Å². The van der Waals surface area contributed by atoms with E-state index < -0.39 is 45.7 Å². The van der Waals surface area contributed by atoms with Crippen LogP contribution < -0.4 is 0 Å². The molecule has 11 aliphatic carbocycles. The van der Waals surface area contributed by atoms with Crippen molar-refractivity contribution in [2.75, 3.05) is 6.61 Å². The first kappa shape index (κ1) is 64.3. The number of carbonyl (C=O) groups excluding carboxylic acids is 6. The third-order valence-electron chi connectivity index (χ3n) is 22.5. The lowest BCUT2D eigenvalue weighted by Crippen LogP contribution is -2.67. The van der Waals surface area contributed by atoms with E-state index in [9.17, 15) is 39.0 Å². The predicted octanol–water partition coefficient (Wildman–Crippen LogP) is 12.9. The number of hydrogen-bond acceptors (Lipinski definition) is 14. The zero-order chi connectivity index (χ0) is 59.2. The van der Waals surface area contributed by atoms with Gasteiger partial charge in [0.15, 0.2) is 6.61 Å². The van der Waals surface area contributed by atoms with Crippen LogP contribution in [-0.2, 0) is 57.2 Å². The number of hydrogen-bond donors (Lipinski definition) is 2. The van der Waals surface area contributed by atoms with E-state index in [1.165, 1.54) is 44.9 Å². The van der Waals surface area contributed by atoms with Crippen LogP contribution in [0.1, 0.15) is 258 Å². The Bertz CT molecular complexity index is 2190. The zero-order valence-corrected chi connectivity index (χ0v) is 52.3. The fourth-order valence-electron chi connectivity index (χ4n) is 16.5. The molecule has 2 saturated heterocycles. The minimum Gasteiger partial charge on any atom is -0.459 e. The van der Waals surface area contributed by atoms with Gasteiger partial charge in [-0.25, -0.2) is 4.79 Å². The summed E-state index contributed by atoms with van der Waals surface area (Å²) in [6, 6.07) is 0. The smallest absolute Gasteiger partial charge is 0.344 e. The molecule has 12 bridgehead atoms. The Labute approximate surface area is 481 Å². The Morgan fingerprint density at radius 1 is 0.575 bits per heavy atom. The molecule has 0 aromatic carbocycles. The van der Waals surface area contributed by atoms with Crippen LogP contribution in [-0.4, -0.2) is 92.8 Å². The molecular formula is C66H108O14. The number of esters is 6. The van der Waals surface area contributed by atoms with Gasteiger partial charge in [0.2, 0.25) is 0 Å². The SMILES string of the molecule is CCC(C)(C)C(=O)OC1(C(C)C)C2CC3CC(C2)CC1C3.CCC(C)(C)C(=O)OC12CC3CC(O)(CC(O)(C3)C1)C2.CCC(C)(C)C(=O)OCC(=O)OC1C2CC3CC(C2)C(=O)OC1C3.CCC1(OC(=O)C(C)(C)CC)CCCC1. The van der Waals surface area contributed by atoms with Crippen molar-refractivity contribution < 1.29 is 67.4 Å². The van der Waals surface area contributed by atoms with Crippen molar-refractivity contribution in [1.29, 1.82) is 0 Å². The molecule has 13 fully saturated rings. The van der Waals surface area contributed by atoms with Gasteiger partial charge in [-0.3, -0.25) is 24.0 Å². The fourth-order valence-corrected chi connectivity index (χ4v) is 16.5. The molecule has 80 heavy (non-hydrogen) atoms. The highest BCUT2D eigenvalue weighted by Crippen LogP contribution is 2.63. The average molecular weight is 1130 g/mol. The molecule has 7 atom stereocenters. The van der Waals surface area contributed by atoms with Crippen LogP contribution >= 0.6 is 0 Å². The van der Waals surface area contributed by atoms with E-state index in [2.05, 4.69) is 27.7 Å². The summed E-state index contributed by atoms with van der Waals surface area (Å²) >= 11 is 0. The fraction of sp³-hybridized carbons (Fsp3) is 0.909. The third-order valence-corrected chi connectivity index (χ3v) is 22.5. The molecule has 14 heteroatoms. The van der Waals surface area contributed by atoms with E-state index in [1.54, 1.807) is 13.8 Å². The van der Waals surface area contributed by atoms with Gasteiger partial charge < -0.3 is 38.6 Å². The summed E-state index contributed by atoms with van der Waals surface area (Å²) in [7, 11) is 0. The first-order valence-electron chi connectivity index (χ1n) is 31.9. The van der Waals surface area contributed by atoms with Gasteiger partial charge >= 0.3 is 35.8 Å². The topological polar surface area (TPSA) is 198 Å². The van der Waals surface area contributed by atoms with E-state index in [4.69, 9.17) is 28.4 Å². The second kappa shape index (κ2) is 24.0. The second-order valence-electron chi connectivity index (χ2n) is 30.6. The highest BCUT2D eigenvalue weighted by molar-refractivity contribution is 5.80. The summed E-state index contributed by atoms with van der Waals surface area (Å²) in [5.41, 5.74) is -4.44. The van der Waals surface area contributed by atoms with Crippen LogP contribution in [0.2, 0.25) is 0 Å². The molecule has 0 aromatic rings. The molecule has 2 N–H and O–H groups in total. The van der Waals surface area contributed by atoms with Crippen LogP contribution in [0.25, 0.3) is 0 Å². The molecule has 14 nitrogen and oxygen atoms in total. The first-order valence-corrected chi connectivity index (χ1v) is 31.9. The van der Waals surface area contributed by atoms with Gasteiger partial charge in [-0.1, -0.05) is 48.5 Å². The van der Waals surface area contributed by atoms with Gasteiger partial charge in [0.25, 0.3) is 0 Å². The molecule has 2 aliphatic heterocycles.